The van der Waals surface area contributed by atoms with Gasteiger partial charge in [-0.2, -0.15) is 13.2 Å². The third kappa shape index (κ3) is 5.51. The number of amides is 2. The summed E-state index contributed by atoms with van der Waals surface area (Å²) in [5, 5.41) is 2.45. The quantitative estimate of drug-likeness (QED) is 0.462. The molecule has 4 rings (SSSR count). The Morgan fingerprint density at radius 2 is 1.87 bits per heavy atom. The van der Waals surface area contributed by atoms with Crippen molar-refractivity contribution in [2.45, 2.75) is 45.1 Å². The maximum atomic E-state index is 13.7. The highest BCUT2D eigenvalue weighted by Crippen LogP contribution is 2.39. The van der Waals surface area contributed by atoms with E-state index in [1.54, 1.807) is 24.3 Å². The van der Waals surface area contributed by atoms with Crippen LogP contribution in [0.1, 0.15) is 53.0 Å². The summed E-state index contributed by atoms with van der Waals surface area (Å²) in [7, 11) is 0. The fourth-order valence-corrected chi connectivity index (χ4v) is 4.52. The van der Waals surface area contributed by atoms with Crippen LogP contribution in [0.2, 0.25) is 0 Å². The lowest BCUT2D eigenvalue weighted by atomic mass is 9.82. The zero-order chi connectivity index (χ0) is 27.5. The van der Waals surface area contributed by atoms with Crippen LogP contribution in [0, 0.1) is 5.92 Å². The van der Waals surface area contributed by atoms with Gasteiger partial charge in [-0.3, -0.25) is 24.5 Å². The Morgan fingerprint density at radius 1 is 1.13 bits per heavy atom. The van der Waals surface area contributed by atoms with Crippen LogP contribution in [-0.4, -0.2) is 32.6 Å². The summed E-state index contributed by atoms with van der Waals surface area (Å²) >= 11 is 0. The molecule has 2 amide bonds. The zero-order valence-electron chi connectivity index (χ0n) is 20.9. The van der Waals surface area contributed by atoms with Crippen molar-refractivity contribution in [1.82, 2.24) is 20.2 Å². The number of guanidine groups is 1. The number of hydrogen-bond donors (Lipinski definition) is 2. The summed E-state index contributed by atoms with van der Waals surface area (Å²) in [5.74, 6) is -1.24. The van der Waals surface area contributed by atoms with Gasteiger partial charge in [-0.05, 0) is 35.6 Å². The van der Waals surface area contributed by atoms with E-state index < -0.39 is 28.7 Å². The second-order valence-corrected chi connectivity index (χ2v) is 9.44. The van der Waals surface area contributed by atoms with Crippen LogP contribution < -0.4 is 11.1 Å². The first-order valence-corrected chi connectivity index (χ1v) is 12.0. The van der Waals surface area contributed by atoms with Crippen LogP contribution in [0.4, 0.5) is 13.2 Å². The molecule has 198 valence electrons. The van der Waals surface area contributed by atoms with E-state index in [1.165, 1.54) is 29.6 Å². The summed E-state index contributed by atoms with van der Waals surface area (Å²) in [4.78, 5) is 40.3. The van der Waals surface area contributed by atoms with E-state index >= 15 is 0 Å². The number of rotatable bonds is 8. The predicted octanol–water partition coefficient (Wildman–Crippen LogP) is 4.02. The van der Waals surface area contributed by atoms with Gasteiger partial charge in [0.15, 0.2) is 11.5 Å². The summed E-state index contributed by atoms with van der Waals surface area (Å²) in [6.07, 6.45) is -0.105. The van der Waals surface area contributed by atoms with Crippen LogP contribution >= 0.6 is 0 Å². The van der Waals surface area contributed by atoms with Gasteiger partial charge in [-0.1, -0.05) is 50.2 Å². The number of aromatic nitrogens is 2. The molecule has 2 heterocycles. The number of nitrogens with one attached hydrogen (secondary N) is 1. The minimum absolute atomic E-state index is 0.0342. The molecule has 1 atom stereocenters. The van der Waals surface area contributed by atoms with Gasteiger partial charge in [0.25, 0.3) is 11.8 Å². The number of halogens is 3. The molecule has 0 radical (unpaired) electrons. The highest BCUT2D eigenvalue weighted by atomic mass is 19.4. The number of nitrogens with two attached hydrogens (primary N) is 1. The van der Waals surface area contributed by atoms with Crippen molar-refractivity contribution in [1.29, 1.82) is 0 Å². The molecule has 0 fully saturated rings. The van der Waals surface area contributed by atoms with Crippen molar-refractivity contribution < 1.29 is 22.8 Å². The standard InChI is InChI=1S/C27H27F3N6O2/c1-17(2)13-26(19-6-4-3-5-7-19)24(38)36(25(31)35-26)16-18-8-9-22(27(28,29)30)21(12-18)23(37)34-15-20-14-32-10-11-33-20/h3-12,14,17H,13,15-16H2,1-2H3,(H2,31,35)(H,34,37). The normalized spacial score (nSPS) is 17.6. The lowest BCUT2D eigenvalue weighted by Crippen LogP contribution is -2.43. The van der Waals surface area contributed by atoms with Crippen molar-refractivity contribution in [3.05, 3.63) is 95.1 Å². The molecule has 0 bridgehead atoms. The van der Waals surface area contributed by atoms with Crippen molar-refractivity contribution in [3.8, 4) is 0 Å². The Labute approximate surface area is 217 Å². The maximum absolute atomic E-state index is 13.7. The molecule has 8 nitrogen and oxygen atoms in total. The number of hydrogen-bond acceptors (Lipinski definition) is 6. The van der Waals surface area contributed by atoms with Gasteiger partial charge in [-0.25, -0.2) is 4.99 Å². The molecule has 1 aliphatic rings. The van der Waals surface area contributed by atoms with Gasteiger partial charge in [0.2, 0.25) is 0 Å². The van der Waals surface area contributed by atoms with Gasteiger partial charge in [0.1, 0.15) is 0 Å². The van der Waals surface area contributed by atoms with Crippen molar-refractivity contribution >= 4 is 17.8 Å². The number of carbonyl (C=O) groups is 2. The summed E-state index contributed by atoms with van der Waals surface area (Å²) in [6.45, 7) is 3.68. The highest BCUT2D eigenvalue weighted by molar-refractivity contribution is 6.07. The van der Waals surface area contributed by atoms with Crippen LogP contribution in [0.5, 0.6) is 0 Å². The minimum atomic E-state index is -4.76. The molecule has 1 aromatic heterocycles. The lowest BCUT2D eigenvalue weighted by Gasteiger charge is -2.28. The third-order valence-electron chi connectivity index (χ3n) is 6.16. The molecule has 38 heavy (non-hydrogen) atoms. The zero-order valence-corrected chi connectivity index (χ0v) is 20.9. The lowest BCUT2D eigenvalue weighted by molar-refractivity contribution is -0.138. The molecule has 0 spiro atoms. The highest BCUT2D eigenvalue weighted by Gasteiger charge is 2.49. The fourth-order valence-electron chi connectivity index (χ4n) is 4.52. The first-order valence-electron chi connectivity index (χ1n) is 12.0. The topological polar surface area (TPSA) is 114 Å². The monoisotopic (exact) mass is 524 g/mol. The number of carbonyl (C=O) groups excluding carboxylic acids is 2. The SMILES string of the molecule is CC(C)CC1(c2ccccc2)N=C(N)N(Cc2ccc(C(F)(F)F)c(C(=O)NCc3cnccn3)c2)C1=O. The number of alkyl halides is 3. The second-order valence-electron chi connectivity index (χ2n) is 9.44. The summed E-state index contributed by atoms with van der Waals surface area (Å²) in [5.41, 5.74) is 4.66. The van der Waals surface area contributed by atoms with E-state index in [0.29, 0.717) is 23.2 Å². The number of nitrogens with zero attached hydrogens (tertiary/aromatic N) is 4. The fraction of sp³-hybridized carbons (Fsp3) is 0.296. The molecule has 3 aromatic rings. The summed E-state index contributed by atoms with van der Waals surface area (Å²) in [6, 6.07) is 12.2. The van der Waals surface area contributed by atoms with Gasteiger partial charge < -0.3 is 11.1 Å². The van der Waals surface area contributed by atoms with E-state index in [2.05, 4.69) is 20.3 Å². The average molecular weight is 525 g/mol. The molecule has 0 saturated carbocycles. The molecule has 1 aliphatic heterocycles. The first kappa shape index (κ1) is 26.8. The van der Waals surface area contributed by atoms with E-state index in [1.807, 2.05) is 19.9 Å². The molecular formula is C27H27F3N6O2. The molecule has 1 unspecified atom stereocenters. The number of benzene rings is 2. The van der Waals surface area contributed by atoms with Gasteiger partial charge in [0, 0.05) is 12.4 Å². The molecule has 0 aliphatic carbocycles. The maximum Gasteiger partial charge on any atom is 0.417 e. The van der Waals surface area contributed by atoms with Crippen LogP contribution in [0.3, 0.4) is 0 Å². The van der Waals surface area contributed by atoms with Crippen LogP contribution in [0.15, 0.2) is 72.1 Å². The second kappa shape index (κ2) is 10.6. The van der Waals surface area contributed by atoms with Gasteiger partial charge in [-0.15, -0.1) is 0 Å². The Morgan fingerprint density at radius 3 is 2.50 bits per heavy atom. The largest absolute Gasteiger partial charge is 0.417 e. The predicted molar refractivity (Wildman–Crippen MR) is 134 cm³/mol. The summed E-state index contributed by atoms with van der Waals surface area (Å²) < 4.78 is 41.2. The molecule has 2 aromatic carbocycles. The molecular weight excluding hydrogens is 497 g/mol. The average Bonchev–Trinajstić information content (AvgIpc) is 3.12. The first-order chi connectivity index (χ1) is 18.0. The Balaban J connectivity index is 1.63. The van der Waals surface area contributed by atoms with E-state index in [-0.39, 0.29) is 30.9 Å². The third-order valence-corrected chi connectivity index (χ3v) is 6.16. The van der Waals surface area contributed by atoms with Crippen molar-refractivity contribution in [3.63, 3.8) is 0 Å². The Hall–Kier alpha value is -4.28. The van der Waals surface area contributed by atoms with Gasteiger partial charge in [0.05, 0.1) is 36.1 Å². The molecule has 11 heteroatoms. The van der Waals surface area contributed by atoms with Crippen molar-refractivity contribution in [2.24, 2.45) is 16.6 Å². The minimum Gasteiger partial charge on any atom is -0.369 e. The van der Waals surface area contributed by atoms with E-state index in [4.69, 9.17) is 5.73 Å². The van der Waals surface area contributed by atoms with Crippen LogP contribution in [0.25, 0.3) is 0 Å². The van der Waals surface area contributed by atoms with Gasteiger partial charge >= 0.3 is 6.18 Å². The van der Waals surface area contributed by atoms with Crippen LogP contribution in [-0.2, 0) is 29.6 Å². The van der Waals surface area contributed by atoms with Crippen molar-refractivity contribution in [2.75, 3.05) is 0 Å². The Kier molecular flexibility index (Phi) is 7.47. The Bertz CT molecular complexity index is 1350. The number of aliphatic imine (C=N–C) groups is 1. The van der Waals surface area contributed by atoms with E-state index in [9.17, 15) is 22.8 Å². The molecule has 3 N–H and O–H groups in total. The smallest absolute Gasteiger partial charge is 0.369 e. The van der Waals surface area contributed by atoms with E-state index in [0.717, 1.165) is 12.1 Å². The molecule has 0 saturated heterocycles.